The van der Waals surface area contributed by atoms with Crippen LogP contribution in [-0.4, -0.2) is 108 Å². The van der Waals surface area contributed by atoms with Gasteiger partial charge in [-0.15, -0.1) is 0 Å². The van der Waals surface area contributed by atoms with Gasteiger partial charge in [0.05, 0.1) is 19.3 Å². The Morgan fingerprint density at radius 3 is 2.17 bits per heavy atom. The standard InChI is InChI=1S/C31H48N6O9/c1-20(2)15-22(16-38)33-29(43)26-12-8-14-37(26)30(44)23(11-6-7-13-32)34-27(41)24(17-39)35-28(42)25(18-40)36-31(45)46-19-21-9-4-3-5-10-21/h3-5,9-10,16,20,22-26,39-40H,6-8,11-15,17-19,32H2,1-2H3,(H,33,43)(H,34,41)(H,35,42)(H,36,45)/t22-,23-,24-,25-,26-/m0/s1. The molecule has 15 heteroatoms. The molecule has 0 unspecified atom stereocenters. The average molecular weight is 649 g/mol. The van der Waals surface area contributed by atoms with Crippen molar-refractivity contribution in [3.05, 3.63) is 35.9 Å². The van der Waals surface area contributed by atoms with Crippen molar-refractivity contribution in [2.45, 2.75) is 89.2 Å². The number of rotatable bonds is 19. The first-order chi connectivity index (χ1) is 22.0. The topological polar surface area (TPSA) is 229 Å². The molecule has 0 spiro atoms. The van der Waals surface area contributed by atoms with Gasteiger partial charge in [0.25, 0.3) is 0 Å². The van der Waals surface area contributed by atoms with Crippen LogP contribution in [0.2, 0.25) is 0 Å². The maximum Gasteiger partial charge on any atom is 0.408 e. The molecule has 1 aliphatic heterocycles. The fourth-order valence-corrected chi connectivity index (χ4v) is 5.03. The first-order valence-corrected chi connectivity index (χ1v) is 15.6. The fourth-order valence-electron chi connectivity index (χ4n) is 5.03. The van der Waals surface area contributed by atoms with Gasteiger partial charge >= 0.3 is 6.09 Å². The average Bonchev–Trinajstić information content (AvgIpc) is 3.54. The van der Waals surface area contributed by atoms with Crippen LogP contribution >= 0.6 is 0 Å². The van der Waals surface area contributed by atoms with Gasteiger partial charge in [0.2, 0.25) is 23.6 Å². The maximum atomic E-state index is 13.7. The fraction of sp³-hybridized carbons (Fsp3) is 0.613. The summed E-state index contributed by atoms with van der Waals surface area (Å²) in [6.07, 6.45) is 2.26. The van der Waals surface area contributed by atoms with E-state index in [1.54, 1.807) is 30.3 Å². The predicted octanol–water partition coefficient (Wildman–Crippen LogP) is -0.915. The van der Waals surface area contributed by atoms with Gasteiger partial charge in [0, 0.05) is 6.54 Å². The normalized spacial score (nSPS) is 16.9. The molecule has 0 bridgehead atoms. The number of nitrogens with one attached hydrogen (secondary N) is 4. The van der Waals surface area contributed by atoms with E-state index in [1.807, 2.05) is 13.8 Å². The summed E-state index contributed by atoms with van der Waals surface area (Å²) in [7, 11) is 0. The maximum absolute atomic E-state index is 13.7. The lowest BCUT2D eigenvalue weighted by atomic mass is 10.0. The molecule has 5 amide bonds. The monoisotopic (exact) mass is 648 g/mol. The quantitative estimate of drug-likeness (QED) is 0.0721. The van der Waals surface area contributed by atoms with Gasteiger partial charge in [-0.2, -0.15) is 0 Å². The summed E-state index contributed by atoms with van der Waals surface area (Å²) < 4.78 is 5.07. The molecule has 8 N–H and O–H groups in total. The number of aliphatic hydroxyl groups excluding tert-OH is 2. The molecule has 1 aliphatic rings. The second-order valence-electron chi connectivity index (χ2n) is 11.6. The third kappa shape index (κ3) is 12.4. The number of hydrogen-bond donors (Lipinski definition) is 7. The minimum Gasteiger partial charge on any atom is -0.445 e. The van der Waals surface area contributed by atoms with Crippen molar-refractivity contribution >= 4 is 36.0 Å². The lowest BCUT2D eigenvalue weighted by molar-refractivity contribution is -0.142. The Balaban J connectivity index is 2.06. The lowest BCUT2D eigenvalue weighted by Gasteiger charge is -2.30. The Morgan fingerprint density at radius 2 is 1.59 bits per heavy atom. The summed E-state index contributed by atoms with van der Waals surface area (Å²) in [6.45, 7) is 2.70. The predicted molar refractivity (Wildman–Crippen MR) is 167 cm³/mol. The van der Waals surface area contributed by atoms with Crippen LogP contribution in [0.25, 0.3) is 0 Å². The van der Waals surface area contributed by atoms with Crippen LogP contribution in [0.3, 0.4) is 0 Å². The molecule has 1 heterocycles. The Kier molecular flexibility index (Phi) is 16.7. The van der Waals surface area contributed by atoms with Gasteiger partial charge in [0.1, 0.15) is 37.1 Å². The van der Waals surface area contributed by atoms with Crippen molar-refractivity contribution in [3.8, 4) is 0 Å². The van der Waals surface area contributed by atoms with Crippen molar-refractivity contribution in [1.29, 1.82) is 0 Å². The van der Waals surface area contributed by atoms with E-state index in [0.717, 1.165) is 0 Å². The number of carbonyl (C=O) groups excluding carboxylic acids is 6. The number of likely N-dealkylation sites (tertiary alicyclic amines) is 1. The Hall–Kier alpha value is -4.08. The molecule has 0 aliphatic carbocycles. The lowest BCUT2D eigenvalue weighted by Crippen LogP contribution is -2.59. The first kappa shape index (κ1) is 38.1. The minimum atomic E-state index is -1.53. The number of benzene rings is 1. The molecule has 0 saturated carbocycles. The van der Waals surface area contributed by atoms with Crippen molar-refractivity contribution < 1.29 is 43.7 Å². The summed E-state index contributed by atoms with van der Waals surface area (Å²) in [4.78, 5) is 77.8. The van der Waals surface area contributed by atoms with Crippen molar-refractivity contribution in [2.75, 3.05) is 26.3 Å². The zero-order chi connectivity index (χ0) is 34.1. The summed E-state index contributed by atoms with van der Waals surface area (Å²) >= 11 is 0. The Labute approximate surface area is 269 Å². The number of unbranched alkanes of at least 4 members (excludes halogenated alkanes) is 1. The van der Waals surface area contributed by atoms with Crippen LogP contribution in [0, 0.1) is 5.92 Å². The van der Waals surface area contributed by atoms with Crippen molar-refractivity contribution in [1.82, 2.24) is 26.2 Å². The number of nitrogens with two attached hydrogens (primary N) is 1. The second kappa shape index (κ2) is 20.1. The van der Waals surface area contributed by atoms with Crippen molar-refractivity contribution in [3.63, 3.8) is 0 Å². The number of aliphatic hydroxyl groups is 2. The minimum absolute atomic E-state index is 0.0805. The first-order valence-electron chi connectivity index (χ1n) is 15.6. The summed E-state index contributed by atoms with van der Waals surface area (Å²) in [5.74, 6) is -2.67. The van der Waals surface area contributed by atoms with Gasteiger partial charge in [-0.25, -0.2) is 4.79 Å². The van der Waals surface area contributed by atoms with E-state index in [4.69, 9.17) is 10.5 Å². The Bertz CT molecular complexity index is 1150. The highest BCUT2D eigenvalue weighted by atomic mass is 16.5. The van der Waals surface area contributed by atoms with Crippen LogP contribution in [0.4, 0.5) is 4.79 Å². The largest absolute Gasteiger partial charge is 0.445 e. The highest BCUT2D eigenvalue weighted by Gasteiger charge is 2.39. The van der Waals surface area contributed by atoms with Crippen LogP contribution in [-0.2, 0) is 35.3 Å². The number of amides is 5. The van der Waals surface area contributed by atoms with Crippen LogP contribution < -0.4 is 27.0 Å². The molecule has 5 atom stereocenters. The molecular formula is C31H48N6O9. The highest BCUT2D eigenvalue weighted by Crippen LogP contribution is 2.20. The molecule has 1 aromatic carbocycles. The third-order valence-electron chi connectivity index (χ3n) is 7.44. The molecule has 1 saturated heterocycles. The van der Waals surface area contributed by atoms with Gasteiger partial charge in [-0.1, -0.05) is 44.2 Å². The van der Waals surface area contributed by atoms with E-state index in [-0.39, 0.29) is 25.5 Å². The van der Waals surface area contributed by atoms with Gasteiger partial charge in [-0.3, -0.25) is 19.2 Å². The number of carbonyl (C=O) groups is 6. The number of nitrogens with zero attached hydrogens (tertiary/aromatic N) is 1. The molecule has 256 valence electrons. The SMILES string of the molecule is CC(C)C[C@@H](C=O)NC(=O)[C@@H]1CCCN1C(=O)[C@H](CCCCN)NC(=O)[C@H](CO)NC(=O)[C@H](CO)NC(=O)OCc1ccccc1. The molecule has 0 aromatic heterocycles. The van der Waals surface area contributed by atoms with E-state index >= 15 is 0 Å². The molecular weight excluding hydrogens is 600 g/mol. The molecule has 46 heavy (non-hydrogen) atoms. The molecule has 1 aromatic rings. The summed E-state index contributed by atoms with van der Waals surface area (Å²) in [5, 5.41) is 29.4. The summed E-state index contributed by atoms with van der Waals surface area (Å²) in [5.41, 5.74) is 6.32. The molecule has 0 radical (unpaired) electrons. The van der Waals surface area contributed by atoms with Gasteiger partial charge in [0.15, 0.2) is 0 Å². The molecule has 2 rings (SSSR count). The van der Waals surface area contributed by atoms with Gasteiger partial charge in [-0.05, 0) is 56.6 Å². The zero-order valence-electron chi connectivity index (χ0n) is 26.5. The Morgan fingerprint density at radius 1 is 0.957 bits per heavy atom. The number of aldehydes is 1. The van der Waals surface area contributed by atoms with E-state index in [2.05, 4.69) is 21.3 Å². The van der Waals surface area contributed by atoms with Crippen LogP contribution in [0.5, 0.6) is 0 Å². The smallest absolute Gasteiger partial charge is 0.408 e. The van der Waals surface area contributed by atoms with Crippen LogP contribution in [0.15, 0.2) is 30.3 Å². The molecule has 15 nitrogen and oxygen atoms in total. The number of alkyl carbamates (subject to hydrolysis) is 1. The summed E-state index contributed by atoms with van der Waals surface area (Å²) in [6, 6.07) is 3.13. The van der Waals surface area contributed by atoms with Crippen molar-refractivity contribution in [2.24, 2.45) is 11.7 Å². The number of ether oxygens (including phenoxy) is 1. The molecule has 1 fully saturated rings. The third-order valence-corrected chi connectivity index (χ3v) is 7.44. The van der Waals surface area contributed by atoms with Gasteiger partial charge < -0.3 is 51.6 Å². The number of hydrogen-bond acceptors (Lipinski definition) is 10. The van der Waals surface area contributed by atoms with E-state index < -0.39 is 73.1 Å². The van der Waals surface area contributed by atoms with E-state index in [0.29, 0.717) is 50.5 Å². The van der Waals surface area contributed by atoms with E-state index in [1.165, 1.54) is 4.90 Å². The second-order valence-corrected chi connectivity index (χ2v) is 11.6. The highest BCUT2D eigenvalue weighted by molar-refractivity contribution is 5.96. The van der Waals surface area contributed by atoms with E-state index in [9.17, 15) is 39.0 Å². The van der Waals surface area contributed by atoms with Crippen LogP contribution in [0.1, 0.15) is 57.9 Å². The zero-order valence-corrected chi connectivity index (χ0v) is 26.5.